The van der Waals surface area contributed by atoms with Gasteiger partial charge in [0, 0.05) is 33.0 Å². The van der Waals surface area contributed by atoms with Gasteiger partial charge in [0.1, 0.15) is 5.69 Å². The van der Waals surface area contributed by atoms with Crippen molar-refractivity contribution in [3.63, 3.8) is 0 Å². The maximum atomic E-state index is 12.0. The molecule has 0 bridgehead atoms. The quantitative estimate of drug-likeness (QED) is 0.0902. The van der Waals surface area contributed by atoms with Crippen LogP contribution >= 0.6 is 0 Å². The number of nitrogens with zero attached hydrogens (tertiary/aromatic N) is 2. The molecule has 0 aliphatic carbocycles. The molecule has 0 saturated carbocycles. The molecule has 0 spiro atoms. The molecule has 0 saturated heterocycles. The van der Waals surface area contributed by atoms with Crippen molar-refractivity contribution in [2.24, 2.45) is 7.05 Å². The van der Waals surface area contributed by atoms with E-state index in [1.54, 1.807) is 24.0 Å². The zero-order chi connectivity index (χ0) is 29.5. The standard InChI is InChI=1S/C33H63N3O5/c1-3-4-5-6-7-13-16-19-24-38-26-28-40-30-31-41-29-27-39-25-20-17-14-11-9-8-10-12-15-18-22-34-33(37)32-21-23-35-36(32)2/h21,23H,3-20,22,24-31H2,1-2H3,(H,34,37). The first-order valence-electron chi connectivity index (χ1n) is 16.8. The highest BCUT2D eigenvalue weighted by Crippen LogP contribution is 2.11. The molecule has 0 radical (unpaired) electrons. The van der Waals surface area contributed by atoms with Gasteiger partial charge in [-0.05, 0) is 25.3 Å². The Morgan fingerprint density at radius 2 is 1.00 bits per heavy atom. The first-order valence-corrected chi connectivity index (χ1v) is 16.8. The average Bonchev–Trinajstić information content (AvgIpc) is 3.41. The number of amides is 1. The third kappa shape index (κ3) is 24.8. The van der Waals surface area contributed by atoms with Crippen molar-refractivity contribution in [3.05, 3.63) is 18.0 Å². The second kappa shape index (κ2) is 30.0. The van der Waals surface area contributed by atoms with Gasteiger partial charge in [0.05, 0.1) is 39.6 Å². The summed E-state index contributed by atoms with van der Waals surface area (Å²) < 4.78 is 24.1. The van der Waals surface area contributed by atoms with Crippen molar-refractivity contribution in [2.75, 3.05) is 59.4 Å². The van der Waals surface area contributed by atoms with Crippen molar-refractivity contribution in [1.29, 1.82) is 0 Å². The fraction of sp³-hybridized carbons (Fsp3) is 0.879. The lowest BCUT2D eigenvalue weighted by molar-refractivity contribution is -0.00248. The molecule has 1 rings (SSSR count). The molecular formula is C33H63N3O5. The first-order chi connectivity index (χ1) is 20.3. The molecule has 0 atom stereocenters. The van der Waals surface area contributed by atoms with Crippen LogP contribution in [0.25, 0.3) is 0 Å². The molecule has 0 unspecified atom stereocenters. The number of nitrogens with one attached hydrogen (secondary N) is 1. The van der Waals surface area contributed by atoms with Gasteiger partial charge in [-0.15, -0.1) is 0 Å². The molecule has 8 heteroatoms. The summed E-state index contributed by atoms with van der Waals surface area (Å²) in [6.45, 7) is 8.53. The molecular weight excluding hydrogens is 518 g/mol. The Morgan fingerprint density at radius 3 is 1.41 bits per heavy atom. The van der Waals surface area contributed by atoms with E-state index in [2.05, 4.69) is 17.3 Å². The third-order valence-corrected chi connectivity index (χ3v) is 7.31. The summed E-state index contributed by atoms with van der Waals surface area (Å²) >= 11 is 0. The fourth-order valence-corrected chi connectivity index (χ4v) is 4.73. The summed E-state index contributed by atoms with van der Waals surface area (Å²) in [5.74, 6) is -0.0366. The van der Waals surface area contributed by atoms with Crippen molar-refractivity contribution in [3.8, 4) is 0 Å². The van der Waals surface area contributed by atoms with Gasteiger partial charge in [0.2, 0.25) is 0 Å². The smallest absolute Gasteiger partial charge is 0.269 e. The zero-order valence-electron chi connectivity index (χ0n) is 26.7. The number of hydrogen-bond acceptors (Lipinski definition) is 6. The van der Waals surface area contributed by atoms with E-state index in [0.717, 1.165) is 39.0 Å². The van der Waals surface area contributed by atoms with Crippen LogP contribution in [0, 0.1) is 0 Å². The van der Waals surface area contributed by atoms with Crippen molar-refractivity contribution >= 4 is 5.91 Å². The summed E-state index contributed by atoms with van der Waals surface area (Å²) in [5, 5.41) is 7.00. The molecule has 0 aromatic carbocycles. The van der Waals surface area contributed by atoms with Gasteiger partial charge < -0.3 is 24.3 Å². The number of aryl methyl sites for hydroxylation is 1. The van der Waals surface area contributed by atoms with Gasteiger partial charge in [-0.3, -0.25) is 9.48 Å². The van der Waals surface area contributed by atoms with Crippen molar-refractivity contribution in [2.45, 2.75) is 122 Å². The summed E-state index contributed by atoms with van der Waals surface area (Å²) in [7, 11) is 1.79. The summed E-state index contributed by atoms with van der Waals surface area (Å²) in [5.41, 5.74) is 0.614. The first kappa shape index (κ1) is 37.5. The monoisotopic (exact) mass is 581 g/mol. The Balaban J connectivity index is 1.65. The maximum absolute atomic E-state index is 12.0. The highest BCUT2D eigenvalue weighted by molar-refractivity contribution is 5.92. The van der Waals surface area contributed by atoms with E-state index >= 15 is 0 Å². The van der Waals surface area contributed by atoms with E-state index in [9.17, 15) is 4.79 Å². The number of hydrogen-bond donors (Lipinski definition) is 1. The molecule has 0 aliphatic rings. The minimum absolute atomic E-state index is 0.0366. The summed E-state index contributed by atoms with van der Waals surface area (Å²) in [4.78, 5) is 12.0. The van der Waals surface area contributed by atoms with Crippen LogP contribution in [0.5, 0.6) is 0 Å². The number of aromatic nitrogens is 2. The largest absolute Gasteiger partial charge is 0.379 e. The fourth-order valence-electron chi connectivity index (χ4n) is 4.73. The van der Waals surface area contributed by atoms with Crippen LogP contribution in [0.3, 0.4) is 0 Å². The second-order valence-corrected chi connectivity index (χ2v) is 11.1. The summed E-state index contributed by atoms with van der Waals surface area (Å²) in [6.07, 6.45) is 24.6. The number of unbranched alkanes of at least 4 members (excludes halogenated alkanes) is 16. The van der Waals surface area contributed by atoms with Crippen LogP contribution in [0.15, 0.2) is 12.3 Å². The van der Waals surface area contributed by atoms with Crippen molar-refractivity contribution < 1.29 is 23.7 Å². The van der Waals surface area contributed by atoms with E-state index in [-0.39, 0.29) is 5.91 Å². The second-order valence-electron chi connectivity index (χ2n) is 11.1. The Kier molecular flexibility index (Phi) is 27.5. The lowest BCUT2D eigenvalue weighted by Gasteiger charge is -2.08. The van der Waals surface area contributed by atoms with Gasteiger partial charge in [-0.1, -0.05) is 103 Å². The SMILES string of the molecule is CCCCCCCCCCOCCOCCOCCOCCCCCCCCCCCCNC(=O)c1ccnn1C. The summed E-state index contributed by atoms with van der Waals surface area (Å²) in [6, 6.07) is 1.74. The molecule has 1 N–H and O–H groups in total. The van der Waals surface area contributed by atoms with Crippen LogP contribution in [-0.2, 0) is 26.0 Å². The number of carbonyl (C=O) groups excluding carboxylic acids is 1. The van der Waals surface area contributed by atoms with Gasteiger partial charge in [-0.25, -0.2) is 0 Å². The van der Waals surface area contributed by atoms with Gasteiger partial charge in [0.25, 0.3) is 5.91 Å². The topological polar surface area (TPSA) is 83.8 Å². The van der Waals surface area contributed by atoms with Crippen LogP contribution in [0.4, 0.5) is 0 Å². The molecule has 1 amide bonds. The average molecular weight is 582 g/mol. The van der Waals surface area contributed by atoms with E-state index in [1.807, 2.05) is 0 Å². The highest BCUT2D eigenvalue weighted by Gasteiger charge is 2.08. The Labute approximate surface area is 251 Å². The predicted molar refractivity (Wildman–Crippen MR) is 168 cm³/mol. The molecule has 1 aromatic heterocycles. The highest BCUT2D eigenvalue weighted by atomic mass is 16.6. The molecule has 1 aromatic rings. The van der Waals surface area contributed by atoms with E-state index < -0.39 is 0 Å². The van der Waals surface area contributed by atoms with Crippen LogP contribution < -0.4 is 5.32 Å². The third-order valence-electron chi connectivity index (χ3n) is 7.31. The number of carbonyl (C=O) groups is 1. The van der Waals surface area contributed by atoms with E-state index in [1.165, 1.54) is 96.3 Å². The normalized spacial score (nSPS) is 11.4. The number of rotatable bonds is 32. The molecule has 41 heavy (non-hydrogen) atoms. The molecule has 240 valence electrons. The minimum atomic E-state index is -0.0366. The Morgan fingerprint density at radius 1 is 0.610 bits per heavy atom. The van der Waals surface area contributed by atoms with Gasteiger partial charge in [0.15, 0.2) is 0 Å². The number of ether oxygens (including phenoxy) is 4. The molecule has 1 heterocycles. The lowest BCUT2D eigenvalue weighted by atomic mass is 10.1. The molecule has 0 aliphatic heterocycles. The Hall–Kier alpha value is -1.48. The predicted octanol–water partition coefficient (Wildman–Crippen LogP) is 7.26. The van der Waals surface area contributed by atoms with E-state index in [4.69, 9.17) is 18.9 Å². The molecule has 0 fully saturated rings. The van der Waals surface area contributed by atoms with Gasteiger partial charge in [-0.2, -0.15) is 5.10 Å². The minimum Gasteiger partial charge on any atom is -0.379 e. The van der Waals surface area contributed by atoms with Crippen molar-refractivity contribution in [1.82, 2.24) is 15.1 Å². The maximum Gasteiger partial charge on any atom is 0.269 e. The van der Waals surface area contributed by atoms with E-state index in [0.29, 0.717) is 45.3 Å². The molecule has 8 nitrogen and oxygen atoms in total. The van der Waals surface area contributed by atoms with Crippen LogP contribution in [0.1, 0.15) is 133 Å². The van der Waals surface area contributed by atoms with Crippen LogP contribution in [0.2, 0.25) is 0 Å². The Bertz CT molecular complexity index is 686. The van der Waals surface area contributed by atoms with Gasteiger partial charge >= 0.3 is 0 Å². The lowest BCUT2D eigenvalue weighted by Crippen LogP contribution is -2.26. The van der Waals surface area contributed by atoms with Crippen LogP contribution in [-0.4, -0.2) is 75.1 Å². The zero-order valence-corrected chi connectivity index (χ0v) is 26.7.